The van der Waals surface area contributed by atoms with E-state index < -0.39 is 30.3 Å². The molecule has 2 unspecified atom stereocenters. The number of piperidine rings is 2. The number of halogens is 3. The summed E-state index contributed by atoms with van der Waals surface area (Å²) in [5, 5.41) is 0. The largest absolute Gasteiger partial charge is 0.490 e. The number of hydrogen-bond acceptors (Lipinski definition) is 8. The van der Waals surface area contributed by atoms with Crippen molar-refractivity contribution >= 4 is 23.8 Å². The molecule has 3 rings (SSSR count). The van der Waals surface area contributed by atoms with Crippen LogP contribution in [0.3, 0.4) is 0 Å². The SMILES string of the molecule is CCOC(=O)Cc1ccc(C(=O)N2CCC(N3CCCC(C(=O)OCC)C3OC(=O)C(F)(F)F)CC2)cc1. The molecule has 2 aliphatic rings. The van der Waals surface area contributed by atoms with Crippen LogP contribution in [0.25, 0.3) is 0 Å². The van der Waals surface area contributed by atoms with Crippen LogP contribution in [0.15, 0.2) is 24.3 Å². The highest BCUT2D eigenvalue weighted by atomic mass is 19.4. The Balaban J connectivity index is 1.65. The summed E-state index contributed by atoms with van der Waals surface area (Å²) in [6, 6.07) is 6.39. The Labute approximate surface area is 219 Å². The first kappa shape index (κ1) is 29.4. The monoisotopic (exact) mass is 542 g/mol. The summed E-state index contributed by atoms with van der Waals surface area (Å²) < 4.78 is 53.8. The Bertz CT molecular complexity index is 992. The Morgan fingerprint density at radius 1 is 0.921 bits per heavy atom. The Morgan fingerprint density at radius 2 is 1.55 bits per heavy atom. The van der Waals surface area contributed by atoms with Crippen LogP contribution >= 0.6 is 0 Å². The molecule has 0 aliphatic carbocycles. The van der Waals surface area contributed by atoms with Crippen molar-refractivity contribution in [1.82, 2.24) is 9.80 Å². The highest BCUT2D eigenvalue weighted by Gasteiger charge is 2.48. The zero-order valence-corrected chi connectivity index (χ0v) is 21.5. The number of ether oxygens (including phenoxy) is 3. The number of benzene rings is 1. The van der Waals surface area contributed by atoms with Gasteiger partial charge in [-0.2, -0.15) is 13.2 Å². The number of rotatable bonds is 8. The van der Waals surface area contributed by atoms with E-state index >= 15 is 0 Å². The lowest BCUT2D eigenvalue weighted by Crippen LogP contribution is -2.57. The molecule has 38 heavy (non-hydrogen) atoms. The Morgan fingerprint density at radius 3 is 2.13 bits per heavy atom. The molecule has 2 atom stereocenters. The number of nitrogens with zero attached hydrogens (tertiary/aromatic N) is 2. The molecule has 0 aromatic heterocycles. The number of hydrogen-bond donors (Lipinski definition) is 0. The molecule has 2 aliphatic heterocycles. The molecule has 1 aromatic carbocycles. The molecular formula is C26H33F3N2O7. The minimum Gasteiger partial charge on any atom is -0.466 e. The van der Waals surface area contributed by atoms with Gasteiger partial charge in [0.1, 0.15) is 5.92 Å². The van der Waals surface area contributed by atoms with Crippen LogP contribution in [0.2, 0.25) is 0 Å². The van der Waals surface area contributed by atoms with Crippen LogP contribution in [0.5, 0.6) is 0 Å². The van der Waals surface area contributed by atoms with Crippen LogP contribution in [0.4, 0.5) is 13.2 Å². The van der Waals surface area contributed by atoms with Gasteiger partial charge in [0.2, 0.25) is 0 Å². The summed E-state index contributed by atoms with van der Waals surface area (Å²) in [6.07, 6.45) is -4.84. The fourth-order valence-corrected chi connectivity index (χ4v) is 4.92. The molecule has 1 aromatic rings. The quantitative estimate of drug-likeness (QED) is 0.365. The van der Waals surface area contributed by atoms with Gasteiger partial charge in [-0.1, -0.05) is 12.1 Å². The maximum absolute atomic E-state index is 13.0. The fourth-order valence-electron chi connectivity index (χ4n) is 4.92. The van der Waals surface area contributed by atoms with Gasteiger partial charge in [-0.3, -0.25) is 19.3 Å². The normalized spacial score (nSPS) is 21.0. The third-order valence-corrected chi connectivity index (χ3v) is 6.73. The second-order valence-corrected chi connectivity index (χ2v) is 9.23. The molecular weight excluding hydrogens is 509 g/mol. The van der Waals surface area contributed by atoms with Gasteiger partial charge < -0.3 is 19.1 Å². The first-order valence-electron chi connectivity index (χ1n) is 12.8. The highest BCUT2D eigenvalue weighted by molar-refractivity contribution is 5.94. The van der Waals surface area contributed by atoms with Gasteiger partial charge in [0, 0.05) is 31.2 Å². The van der Waals surface area contributed by atoms with Gasteiger partial charge >= 0.3 is 24.1 Å². The number of carbonyl (C=O) groups excluding carboxylic acids is 4. The molecule has 0 bridgehead atoms. The van der Waals surface area contributed by atoms with E-state index in [9.17, 15) is 32.3 Å². The second kappa shape index (κ2) is 13.1. The van der Waals surface area contributed by atoms with Gasteiger partial charge in [0.25, 0.3) is 5.91 Å². The predicted molar refractivity (Wildman–Crippen MR) is 128 cm³/mol. The number of likely N-dealkylation sites (tertiary alicyclic amines) is 2. The summed E-state index contributed by atoms with van der Waals surface area (Å²) in [6.45, 7) is 4.70. The van der Waals surface area contributed by atoms with E-state index in [0.717, 1.165) is 5.56 Å². The van der Waals surface area contributed by atoms with Gasteiger partial charge in [-0.05, 0) is 57.2 Å². The third kappa shape index (κ3) is 7.46. The Hall–Kier alpha value is -3.15. The van der Waals surface area contributed by atoms with Crippen LogP contribution in [0.1, 0.15) is 55.5 Å². The topological polar surface area (TPSA) is 102 Å². The van der Waals surface area contributed by atoms with E-state index in [0.29, 0.717) is 44.5 Å². The average Bonchev–Trinajstić information content (AvgIpc) is 2.88. The van der Waals surface area contributed by atoms with Crippen LogP contribution in [-0.2, 0) is 35.0 Å². The number of carbonyl (C=O) groups is 4. The molecule has 2 heterocycles. The fraction of sp³-hybridized carbons (Fsp3) is 0.615. The zero-order chi connectivity index (χ0) is 27.9. The standard InChI is InChI=1S/C26H33F3N2O7/c1-3-36-21(32)16-17-7-9-18(10-8-17)22(33)30-14-11-19(12-15-30)31-13-5-6-20(24(34)37-4-2)23(31)38-25(35)26(27,28)29/h7-10,19-20,23H,3-6,11-16H2,1-2H3. The number of amides is 1. The van der Waals surface area contributed by atoms with Crippen molar-refractivity contribution in [2.24, 2.45) is 5.92 Å². The summed E-state index contributed by atoms with van der Waals surface area (Å²) in [7, 11) is 0. The third-order valence-electron chi connectivity index (χ3n) is 6.73. The molecule has 2 fully saturated rings. The van der Waals surface area contributed by atoms with Crippen LogP contribution in [0, 0.1) is 5.92 Å². The molecule has 12 heteroatoms. The van der Waals surface area contributed by atoms with E-state index in [1.54, 1.807) is 47.9 Å². The van der Waals surface area contributed by atoms with E-state index in [1.807, 2.05) is 0 Å². The molecule has 1 amide bonds. The summed E-state index contributed by atoms with van der Waals surface area (Å²) in [4.78, 5) is 52.1. The molecule has 9 nitrogen and oxygen atoms in total. The van der Waals surface area contributed by atoms with Crippen LogP contribution in [-0.4, -0.2) is 84.9 Å². The van der Waals surface area contributed by atoms with Gasteiger partial charge in [0.15, 0.2) is 6.23 Å². The summed E-state index contributed by atoms with van der Waals surface area (Å²) >= 11 is 0. The van der Waals surface area contributed by atoms with Crippen molar-refractivity contribution in [2.45, 2.75) is 64.4 Å². The lowest BCUT2D eigenvalue weighted by Gasteiger charge is -2.46. The zero-order valence-electron chi connectivity index (χ0n) is 21.5. The first-order valence-corrected chi connectivity index (χ1v) is 12.8. The van der Waals surface area contributed by atoms with Crippen molar-refractivity contribution in [2.75, 3.05) is 32.8 Å². The molecule has 0 spiro atoms. The molecule has 0 radical (unpaired) electrons. The van der Waals surface area contributed by atoms with Gasteiger partial charge in [-0.25, -0.2) is 4.79 Å². The van der Waals surface area contributed by atoms with Crippen molar-refractivity contribution in [3.8, 4) is 0 Å². The van der Waals surface area contributed by atoms with Gasteiger partial charge in [-0.15, -0.1) is 0 Å². The molecule has 0 saturated carbocycles. The Kier molecular flexibility index (Phi) is 10.1. The predicted octanol–water partition coefficient (Wildman–Crippen LogP) is 3.10. The summed E-state index contributed by atoms with van der Waals surface area (Å²) in [5.41, 5.74) is 1.17. The number of esters is 3. The minimum absolute atomic E-state index is 0.0551. The van der Waals surface area contributed by atoms with E-state index in [2.05, 4.69) is 0 Å². The average molecular weight is 543 g/mol. The smallest absolute Gasteiger partial charge is 0.466 e. The van der Waals surface area contributed by atoms with Gasteiger partial charge in [0.05, 0.1) is 19.6 Å². The van der Waals surface area contributed by atoms with Crippen molar-refractivity contribution in [3.05, 3.63) is 35.4 Å². The molecule has 210 valence electrons. The lowest BCUT2D eigenvalue weighted by atomic mass is 9.91. The van der Waals surface area contributed by atoms with Crippen molar-refractivity contribution in [1.29, 1.82) is 0 Å². The summed E-state index contributed by atoms with van der Waals surface area (Å²) in [5.74, 6) is -4.62. The van der Waals surface area contributed by atoms with E-state index in [1.165, 1.54) is 0 Å². The maximum Gasteiger partial charge on any atom is 0.490 e. The number of alkyl halides is 3. The maximum atomic E-state index is 13.0. The second-order valence-electron chi connectivity index (χ2n) is 9.23. The molecule has 0 N–H and O–H groups in total. The van der Waals surface area contributed by atoms with Crippen molar-refractivity contribution < 1.29 is 46.6 Å². The minimum atomic E-state index is -5.19. The highest BCUT2D eigenvalue weighted by Crippen LogP contribution is 2.33. The van der Waals surface area contributed by atoms with E-state index in [4.69, 9.17) is 14.2 Å². The van der Waals surface area contributed by atoms with E-state index in [-0.39, 0.29) is 44.0 Å². The van der Waals surface area contributed by atoms with Crippen molar-refractivity contribution in [3.63, 3.8) is 0 Å². The first-order chi connectivity index (χ1) is 18.0. The molecule has 2 saturated heterocycles. The van der Waals surface area contributed by atoms with Crippen LogP contribution < -0.4 is 0 Å². The lowest BCUT2D eigenvalue weighted by molar-refractivity contribution is -0.224.